The Hall–Kier alpha value is -1.46. The molecule has 0 aliphatic heterocycles. The minimum absolute atomic E-state index is 0.319. The topological polar surface area (TPSA) is 76.4 Å². The van der Waals surface area contributed by atoms with Crippen molar-refractivity contribution in [2.75, 3.05) is 0 Å². The van der Waals surface area contributed by atoms with Gasteiger partial charge in [0.15, 0.2) is 5.65 Å². The molecule has 0 fully saturated rings. The normalized spacial score (nSPS) is 15.5. The molecule has 0 aromatic carbocycles. The van der Waals surface area contributed by atoms with Crippen LogP contribution in [0.2, 0.25) is 0 Å². The second-order valence-corrected chi connectivity index (χ2v) is 3.78. The fraction of sp³-hybridized carbons (Fsp3) is 0.400. The average Bonchev–Trinajstić information content (AvgIpc) is 2.55. The van der Waals surface area contributed by atoms with E-state index in [9.17, 15) is 5.11 Å². The van der Waals surface area contributed by atoms with Crippen LogP contribution in [0.4, 0.5) is 0 Å². The quantitative estimate of drug-likeness (QED) is 0.746. The third kappa shape index (κ3) is 1.84. The molecular weight excluding hydrogens is 192 g/mol. The Kier molecular flexibility index (Phi) is 2.42. The van der Waals surface area contributed by atoms with Gasteiger partial charge in [0.05, 0.1) is 11.8 Å². The van der Waals surface area contributed by atoms with Crippen LogP contribution in [0.25, 0.3) is 5.65 Å². The van der Waals surface area contributed by atoms with Gasteiger partial charge in [-0.25, -0.2) is 9.50 Å². The number of rotatable bonds is 2. The maximum absolute atomic E-state index is 9.76. The molecule has 0 saturated heterocycles. The fourth-order valence-corrected chi connectivity index (χ4v) is 1.47. The molecule has 15 heavy (non-hydrogen) atoms. The second-order valence-electron chi connectivity index (χ2n) is 3.78. The molecule has 5 heteroatoms. The minimum atomic E-state index is -0.702. The van der Waals surface area contributed by atoms with Gasteiger partial charge in [0.1, 0.15) is 0 Å². The van der Waals surface area contributed by atoms with Gasteiger partial charge in [-0.15, -0.1) is 0 Å². The number of aryl methyl sites for hydroxylation is 1. The lowest BCUT2D eigenvalue weighted by Gasteiger charge is -2.13. The van der Waals surface area contributed by atoms with Crippen LogP contribution in [0.3, 0.4) is 0 Å². The third-order valence-electron chi connectivity index (χ3n) is 2.29. The molecular formula is C10H14N4O. The molecule has 2 aromatic heterocycles. The molecule has 2 unspecified atom stereocenters. The van der Waals surface area contributed by atoms with E-state index >= 15 is 0 Å². The highest BCUT2D eigenvalue weighted by molar-refractivity contribution is 5.39. The zero-order chi connectivity index (χ0) is 11.0. The molecule has 0 amide bonds. The van der Waals surface area contributed by atoms with Gasteiger partial charge in [0, 0.05) is 30.1 Å². The highest BCUT2D eigenvalue weighted by Gasteiger charge is 2.13. The summed E-state index contributed by atoms with van der Waals surface area (Å²) in [5.41, 5.74) is 7.96. The first-order valence-corrected chi connectivity index (χ1v) is 4.83. The van der Waals surface area contributed by atoms with Crippen LogP contribution in [0, 0.1) is 6.92 Å². The molecule has 0 saturated carbocycles. The van der Waals surface area contributed by atoms with E-state index in [0.29, 0.717) is 5.56 Å². The molecule has 2 rings (SSSR count). The maximum atomic E-state index is 9.76. The van der Waals surface area contributed by atoms with Crippen LogP contribution < -0.4 is 5.73 Å². The SMILES string of the molecule is Cc1cc2ncc(C(O)C(C)N)cn2n1. The Bertz CT molecular complexity index is 477. The van der Waals surface area contributed by atoms with E-state index in [4.69, 9.17) is 5.73 Å². The number of nitrogens with zero attached hydrogens (tertiary/aromatic N) is 3. The molecule has 2 aromatic rings. The summed E-state index contributed by atoms with van der Waals surface area (Å²) in [6.45, 7) is 3.65. The molecule has 2 heterocycles. The number of aliphatic hydroxyl groups excluding tert-OH is 1. The highest BCUT2D eigenvalue weighted by atomic mass is 16.3. The largest absolute Gasteiger partial charge is 0.387 e. The summed E-state index contributed by atoms with van der Waals surface area (Å²) in [4.78, 5) is 4.19. The predicted octanol–water partition coefficient (Wildman–Crippen LogP) is 0.418. The molecule has 0 aliphatic rings. The Labute approximate surface area is 87.6 Å². The number of nitrogens with two attached hydrogens (primary N) is 1. The van der Waals surface area contributed by atoms with Crippen molar-refractivity contribution in [2.45, 2.75) is 26.0 Å². The lowest BCUT2D eigenvalue weighted by Crippen LogP contribution is -2.24. The van der Waals surface area contributed by atoms with Gasteiger partial charge in [-0.1, -0.05) is 0 Å². The van der Waals surface area contributed by atoms with Crippen LogP contribution in [0.15, 0.2) is 18.5 Å². The average molecular weight is 206 g/mol. The van der Waals surface area contributed by atoms with Crippen LogP contribution in [0.5, 0.6) is 0 Å². The van der Waals surface area contributed by atoms with Crippen molar-refractivity contribution in [1.82, 2.24) is 14.6 Å². The molecule has 0 bridgehead atoms. The molecule has 3 N–H and O–H groups in total. The minimum Gasteiger partial charge on any atom is -0.387 e. The Morgan fingerprint density at radius 2 is 2.27 bits per heavy atom. The predicted molar refractivity (Wildman–Crippen MR) is 56.3 cm³/mol. The van der Waals surface area contributed by atoms with Crippen LogP contribution in [-0.2, 0) is 0 Å². The van der Waals surface area contributed by atoms with Crippen LogP contribution >= 0.6 is 0 Å². The lowest BCUT2D eigenvalue weighted by molar-refractivity contribution is 0.152. The van der Waals surface area contributed by atoms with Gasteiger partial charge in [-0.2, -0.15) is 5.10 Å². The number of aliphatic hydroxyl groups is 1. The van der Waals surface area contributed by atoms with Crippen molar-refractivity contribution >= 4 is 5.65 Å². The molecule has 2 atom stereocenters. The van der Waals surface area contributed by atoms with E-state index in [2.05, 4.69) is 10.1 Å². The van der Waals surface area contributed by atoms with Gasteiger partial charge in [0.25, 0.3) is 0 Å². The Morgan fingerprint density at radius 3 is 2.93 bits per heavy atom. The van der Waals surface area contributed by atoms with Crippen molar-refractivity contribution in [3.05, 3.63) is 29.7 Å². The molecule has 5 nitrogen and oxygen atoms in total. The van der Waals surface area contributed by atoms with E-state index in [-0.39, 0.29) is 6.04 Å². The summed E-state index contributed by atoms with van der Waals surface area (Å²) in [6.07, 6.45) is 2.68. The van der Waals surface area contributed by atoms with Crippen molar-refractivity contribution in [3.63, 3.8) is 0 Å². The van der Waals surface area contributed by atoms with E-state index in [1.165, 1.54) is 0 Å². The summed E-state index contributed by atoms with van der Waals surface area (Å²) in [5, 5.41) is 14.0. The van der Waals surface area contributed by atoms with Gasteiger partial charge in [0.2, 0.25) is 0 Å². The first-order valence-electron chi connectivity index (χ1n) is 4.83. The molecule has 80 valence electrons. The monoisotopic (exact) mass is 206 g/mol. The van der Waals surface area contributed by atoms with Gasteiger partial charge >= 0.3 is 0 Å². The van der Waals surface area contributed by atoms with E-state index < -0.39 is 6.10 Å². The van der Waals surface area contributed by atoms with Gasteiger partial charge in [-0.3, -0.25) is 0 Å². The summed E-state index contributed by atoms with van der Waals surface area (Å²) < 4.78 is 1.65. The highest BCUT2D eigenvalue weighted by Crippen LogP contribution is 2.15. The van der Waals surface area contributed by atoms with E-state index in [1.54, 1.807) is 23.8 Å². The summed E-state index contributed by atoms with van der Waals surface area (Å²) >= 11 is 0. The maximum Gasteiger partial charge on any atom is 0.155 e. The van der Waals surface area contributed by atoms with Crippen molar-refractivity contribution in [1.29, 1.82) is 0 Å². The van der Waals surface area contributed by atoms with Crippen molar-refractivity contribution in [2.24, 2.45) is 5.73 Å². The Morgan fingerprint density at radius 1 is 1.53 bits per heavy atom. The fourth-order valence-electron chi connectivity index (χ4n) is 1.47. The van der Waals surface area contributed by atoms with Crippen molar-refractivity contribution < 1.29 is 5.11 Å². The van der Waals surface area contributed by atoms with Crippen LogP contribution in [-0.4, -0.2) is 25.7 Å². The second kappa shape index (κ2) is 3.60. The summed E-state index contributed by atoms with van der Waals surface area (Å²) in [5.74, 6) is 0. The van der Waals surface area contributed by atoms with E-state index in [0.717, 1.165) is 11.3 Å². The summed E-state index contributed by atoms with van der Waals surface area (Å²) in [6, 6.07) is 1.56. The number of hydrogen-bond acceptors (Lipinski definition) is 4. The first-order chi connectivity index (χ1) is 7.08. The lowest BCUT2D eigenvalue weighted by atomic mass is 10.1. The van der Waals surface area contributed by atoms with Gasteiger partial charge < -0.3 is 10.8 Å². The summed E-state index contributed by atoms with van der Waals surface area (Å²) in [7, 11) is 0. The van der Waals surface area contributed by atoms with Gasteiger partial charge in [-0.05, 0) is 13.8 Å². The van der Waals surface area contributed by atoms with E-state index in [1.807, 2.05) is 13.0 Å². The first kappa shape index (κ1) is 10.1. The standard InChI is InChI=1S/C10H14N4O/c1-6-3-9-12-4-8(5-14(9)13-6)10(15)7(2)11/h3-5,7,10,15H,11H2,1-2H3. The smallest absolute Gasteiger partial charge is 0.155 e. The molecule has 0 radical (unpaired) electrons. The molecule has 0 spiro atoms. The number of aromatic nitrogens is 3. The third-order valence-corrected chi connectivity index (χ3v) is 2.29. The zero-order valence-electron chi connectivity index (χ0n) is 8.75. The molecule has 0 aliphatic carbocycles. The van der Waals surface area contributed by atoms with Crippen molar-refractivity contribution in [3.8, 4) is 0 Å². The number of hydrogen-bond donors (Lipinski definition) is 2. The number of fused-ring (bicyclic) bond motifs is 1. The van der Waals surface area contributed by atoms with Crippen LogP contribution in [0.1, 0.15) is 24.3 Å². The Balaban J connectivity index is 2.46. The zero-order valence-corrected chi connectivity index (χ0v) is 8.75.